The molecule has 0 aromatic heterocycles. The molecule has 152 valence electrons. The molecule has 2 aromatic carbocycles. The Balaban J connectivity index is 1.79. The molecule has 0 radical (unpaired) electrons. The van der Waals surface area contributed by atoms with Gasteiger partial charge < -0.3 is 10.1 Å². The predicted molar refractivity (Wildman–Crippen MR) is 110 cm³/mol. The topological polar surface area (TPSA) is 75.7 Å². The van der Waals surface area contributed by atoms with Crippen LogP contribution >= 0.6 is 0 Å². The van der Waals surface area contributed by atoms with E-state index in [-0.39, 0.29) is 17.3 Å². The molecule has 0 aliphatic heterocycles. The van der Waals surface area contributed by atoms with E-state index >= 15 is 0 Å². The lowest BCUT2D eigenvalue weighted by molar-refractivity contribution is -0.121. The van der Waals surface area contributed by atoms with Crippen molar-refractivity contribution in [3.8, 4) is 5.75 Å². The molecule has 0 heterocycles. The Morgan fingerprint density at radius 2 is 1.75 bits per heavy atom. The highest BCUT2D eigenvalue weighted by Crippen LogP contribution is 2.19. The second-order valence-electron chi connectivity index (χ2n) is 6.48. The summed E-state index contributed by atoms with van der Waals surface area (Å²) in [7, 11) is -2.26. The van der Waals surface area contributed by atoms with Crippen LogP contribution in [-0.4, -0.2) is 45.4 Å². The van der Waals surface area contributed by atoms with Gasteiger partial charge in [-0.05, 0) is 43.0 Å². The number of rotatable bonds is 11. The molecule has 28 heavy (non-hydrogen) atoms. The minimum absolute atomic E-state index is 0.175. The molecule has 7 heteroatoms. The Hall–Kier alpha value is -2.38. The van der Waals surface area contributed by atoms with Gasteiger partial charge in [-0.1, -0.05) is 43.3 Å². The Labute approximate surface area is 167 Å². The monoisotopic (exact) mass is 404 g/mol. The number of ether oxygens (including phenoxy) is 1. The summed E-state index contributed by atoms with van der Waals surface area (Å²) in [5.41, 5.74) is 1.11. The van der Waals surface area contributed by atoms with Gasteiger partial charge in [-0.15, -0.1) is 0 Å². The van der Waals surface area contributed by atoms with Gasteiger partial charge in [0.15, 0.2) is 0 Å². The molecular weight excluding hydrogens is 376 g/mol. The second kappa shape index (κ2) is 10.8. The minimum Gasteiger partial charge on any atom is -0.493 e. The van der Waals surface area contributed by atoms with E-state index in [1.807, 2.05) is 24.3 Å². The van der Waals surface area contributed by atoms with Gasteiger partial charge in [0, 0.05) is 13.6 Å². The first-order valence-corrected chi connectivity index (χ1v) is 10.9. The Morgan fingerprint density at radius 1 is 1.07 bits per heavy atom. The second-order valence-corrected chi connectivity index (χ2v) is 8.53. The first-order chi connectivity index (χ1) is 13.4. The number of carbonyl (C=O) groups is 1. The fourth-order valence-electron chi connectivity index (χ4n) is 2.69. The molecule has 0 atom stereocenters. The predicted octanol–water partition coefficient (Wildman–Crippen LogP) is 2.84. The van der Waals surface area contributed by atoms with E-state index in [2.05, 4.69) is 12.2 Å². The summed E-state index contributed by atoms with van der Waals surface area (Å²) in [5.74, 6) is 0.557. The van der Waals surface area contributed by atoms with Crippen LogP contribution in [0.5, 0.6) is 5.75 Å². The molecule has 0 fully saturated rings. The fraction of sp³-hybridized carbons (Fsp3) is 0.381. The smallest absolute Gasteiger partial charge is 0.243 e. The SMILES string of the molecule is CCCOc1ccccc1CCCNC(=O)CN(C)S(=O)(=O)c1ccccc1. The number of hydrogen-bond acceptors (Lipinski definition) is 4. The average molecular weight is 405 g/mol. The molecule has 0 aliphatic rings. The Morgan fingerprint density at radius 3 is 2.46 bits per heavy atom. The lowest BCUT2D eigenvalue weighted by Gasteiger charge is -2.17. The zero-order chi connectivity index (χ0) is 20.4. The third-order valence-electron chi connectivity index (χ3n) is 4.20. The fourth-order valence-corrected chi connectivity index (χ4v) is 3.83. The highest BCUT2D eigenvalue weighted by Gasteiger charge is 2.22. The molecule has 1 amide bonds. The maximum atomic E-state index is 12.4. The van der Waals surface area contributed by atoms with Crippen LogP contribution in [0.4, 0.5) is 0 Å². The van der Waals surface area contributed by atoms with Gasteiger partial charge in [-0.2, -0.15) is 4.31 Å². The number of sulfonamides is 1. The van der Waals surface area contributed by atoms with E-state index in [4.69, 9.17) is 4.74 Å². The van der Waals surface area contributed by atoms with Gasteiger partial charge in [-0.3, -0.25) is 4.79 Å². The standard InChI is InChI=1S/C21H28N2O4S/c1-3-16-27-20-14-8-7-10-18(20)11-9-15-22-21(24)17-23(2)28(25,26)19-12-5-4-6-13-19/h4-8,10,12-14H,3,9,11,15-17H2,1-2H3,(H,22,24). The molecular formula is C21H28N2O4S. The maximum absolute atomic E-state index is 12.4. The van der Waals surface area contributed by atoms with Crippen LogP contribution in [0.3, 0.4) is 0 Å². The lowest BCUT2D eigenvalue weighted by atomic mass is 10.1. The third kappa shape index (κ3) is 6.35. The van der Waals surface area contributed by atoms with E-state index in [1.54, 1.807) is 18.2 Å². The Kier molecular flexibility index (Phi) is 8.47. The van der Waals surface area contributed by atoms with Crippen LogP contribution in [-0.2, 0) is 21.2 Å². The number of carbonyl (C=O) groups excluding carboxylic acids is 1. The van der Waals surface area contributed by atoms with Gasteiger partial charge in [0.05, 0.1) is 18.0 Å². The summed E-state index contributed by atoms with van der Waals surface area (Å²) in [6.45, 7) is 3.00. The van der Waals surface area contributed by atoms with Crippen LogP contribution in [0.15, 0.2) is 59.5 Å². The van der Waals surface area contributed by atoms with Crippen LogP contribution in [0.2, 0.25) is 0 Å². The zero-order valence-electron chi connectivity index (χ0n) is 16.4. The van der Waals surface area contributed by atoms with Crippen LogP contribution < -0.4 is 10.1 Å². The zero-order valence-corrected chi connectivity index (χ0v) is 17.2. The van der Waals surface area contributed by atoms with Gasteiger partial charge >= 0.3 is 0 Å². The third-order valence-corrected chi connectivity index (χ3v) is 6.01. The van der Waals surface area contributed by atoms with Crippen molar-refractivity contribution >= 4 is 15.9 Å². The van der Waals surface area contributed by atoms with Gasteiger partial charge in [0.25, 0.3) is 0 Å². The average Bonchev–Trinajstić information content (AvgIpc) is 2.71. The molecule has 0 aliphatic carbocycles. The number of amides is 1. The van der Waals surface area contributed by atoms with Crippen molar-refractivity contribution in [3.63, 3.8) is 0 Å². The number of benzene rings is 2. The molecule has 2 rings (SSSR count). The lowest BCUT2D eigenvalue weighted by Crippen LogP contribution is -2.38. The van der Waals surface area contributed by atoms with Crippen molar-refractivity contribution < 1.29 is 17.9 Å². The molecule has 2 aromatic rings. The van der Waals surface area contributed by atoms with Crippen molar-refractivity contribution in [1.29, 1.82) is 0 Å². The largest absolute Gasteiger partial charge is 0.493 e. The molecule has 0 saturated heterocycles. The van der Waals surface area contributed by atoms with Crippen LogP contribution in [0.1, 0.15) is 25.3 Å². The Bertz CT molecular complexity index is 854. The van der Waals surface area contributed by atoms with Crippen LogP contribution in [0.25, 0.3) is 0 Å². The van der Waals surface area contributed by atoms with E-state index in [0.717, 1.165) is 34.9 Å². The molecule has 0 saturated carbocycles. The number of likely N-dealkylation sites (N-methyl/N-ethyl adjacent to an activating group) is 1. The van der Waals surface area contributed by atoms with E-state index in [1.165, 1.54) is 19.2 Å². The summed E-state index contributed by atoms with van der Waals surface area (Å²) in [6.07, 6.45) is 2.47. The number of aryl methyl sites for hydroxylation is 1. The number of hydrogen-bond donors (Lipinski definition) is 1. The number of nitrogens with zero attached hydrogens (tertiary/aromatic N) is 1. The molecule has 6 nitrogen and oxygen atoms in total. The van der Waals surface area contributed by atoms with Crippen LogP contribution in [0, 0.1) is 0 Å². The summed E-state index contributed by atoms with van der Waals surface area (Å²) in [5, 5.41) is 2.78. The molecule has 1 N–H and O–H groups in total. The molecule has 0 unspecified atom stereocenters. The van der Waals surface area contributed by atoms with Crippen molar-refractivity contribution in [2.24, 2.45) is 0 Å². The summed E-state index contributed by atoms with van der Waals surface area (Å²) >= 11 is 0. The van der Waals surface area contributed by atoms with E-state index in [0.29, 0.717) is 13.2 Å². The first-order valence-electron chi connectivity index (χ1n) is 9.44. The van der Waals surface area contributed by atoms with Gasteiger partial charge in [0.2, 0.25) is 15.9 Å². The molecule has 0 spiro atoms. The molecule has 0 bridgehead atoms. The van der Waals surface area contributed by atoms with Crippen molar-refractivity contribution in [1.82, 2.24) is 9.62 Å². The normalized spacial score (nSPS) is 11.4. The highest BCUT2D eigenvalue weighted by molar-refractivity contribution is 7.89. The van der Waals surface area contributed by atoms with Crippen molar-refractivity contribution in [2.75, 3.05) is 26.7 Å². The van der Waals surface area contributed by atoms with Crippen molar-refractivity contribution in [2.45, 2.75) is 31.1 Å². The van der Waals surface area contributed by atoms with Gasteiger partial charge in [0.1, 0.15) is 5.75 Å². The number of nitrogens with one attached hydrogen (secondary N) is 1. The first kappa shape index (κ1) is 21.9. The maximum Gasteiger partial charge on any atom is 0.243 e. The summed E-state index contributed by atoms with van der Waals surface area (Å²) in [6, 6.07) is 16.0. The number of para-hydroxylation sites is 1. The van der Waals surface area contributed by atoms with E-state index in [9.17, 15) is 13.2 Å². The highest BCUT2D eigenvalue weighted by atomic mass is 32.2. The van der Waals surface area contributed by atoms with Gasteiger partial charge in [-0.25, -0.2) is 8.42 Å². The van der Waals surface area contributed by atoms with Crippen molar-refractivity contribution in [3.05, 3.63) is 60.2 Å². The minimum atomic E-state index is -3.67. The quantitative estimate of drug-likeness (QED) is 0.585. The van der Waals surface area contributed by atoms with E-state index < -0.39 is 10.0 Å². The summed E-state index contributed by atoms with van der Waals surface area (Å²) in [4.78, 5) is 12.3. The summed E-state index contributed by atoms with van der Waals surface area (Å²) < 4.78 is 31.7.